The quantitative estimate of drug-likeness (QED) is 0.512. The van der Waals surface area contributed by atoms with Crippen molar-refractivity contribution in [2.75, 3.05) is 0 Å². The van der Waals surface area contributed by atoms with Gasteiger partial charge in [-0.15, -0.1) is 11.8 Å². The van der Waals surface area contributed by atoms with Crippen LogP contribution in [0.25, 0.3) is 0 Å². The van der Waals surface area contributed by atoms with E-state index in [1.54, 1.807) is 38.1 Å². The van der Waals surface area contributed by atoms with Gasteiger partial charge in [0.1, 0.15) is 23.5 Å². The number of carboxylic acid groups (broad SMARTS) is 1. The van der Waals surface area contributed by atoms with Crippen LogP contribution in [0.15, 0.2) is 30.3 Å². The Balaban J connectivity index is 0.00000169. The summed E-state index contributed by atoms with van der Waals surface area (Å²) in [5, 5.41) is 11.7. The predicted octanol–water partition coefficient (Wildman–Crippen LogP) is 0.183. The molecule has 1 aromatic rings. The third-order valence-corrected chi connectivity index (χ3v) is 5.99. The first-order valence-corrected chi connectivity index (χ1v) is 8.45. The Morgan fingerprint density at radius 2 is 1.96 bits per heavy atom. The standard InChI is InChI=1S/C16H19N3O4S.Na.H2/c1-16(2)11(15(22)23)19-13(21)10(14(19)24-16)18-12(20)9(17)8-6-4-3-5-7-8;;/h3-7,9-11,14H,17H2,1-2H3,(H,18,20)(H,22,23);;1H. The molecule has 1 aromatic carbocycles. The van der Waals surface area contributed by atoms with Crippen LogP contribution in [0.2, 0.25) is 0 Å². The fourth-order valence-electron chi connectivity index (χ4n) is 3.20. The number of aliphatic carboxylic acids is 1. The fraction of sp³-hybridized carbons (Fsp3) is 0.438. The molecule has 0 spiro atoms. The number of carboxylic acids is 1. The molecule has 9 heteroatoms. The Bertz CT molecular complexity index is 706. The second-order valence-electron chi connectivity index (χ2n) is 6.47. The molecule has 0 bridgehead atoms. The maximum absolute atomic E-state index is 12.3. The number of benzene rings is 1. The van der Waals surface area contributed by atoms with Gasteiger partial charge in [0, 0.05) is 35.7 Å². The van der Waals surface area contributed by atoms with E-state index in [-0.39, 0.29) is 42.3 Å². The van der Waals surface area contributed by atoms with Gasteiger partial charge in [-0.05, 0) is 19.4 Å². The zero-order valence-electron chi connectivity index (χ0n) is 14.3. The van der Waals surface area contributed by atoms with Crippen LogP contribution in [-0.2, 0) is 14.4 Å². The summed E-state index contributed by atoms with van der Waals surface area (Å²) in [6.07, 6.45) is 0. The Morgan fingerprint density at radius 3 is 2.52 bits per heavy atom. The second-order valence-corrected chi connectivity index (χ2v) is 8.24. The number of fused-ring (bicyclic) bond motifs is 1. The van der Waals surface area contributed by atoms with E-state index in [2.05, 4.69) is 5.32 Å². The third-order valence-electron chi connectivity index (χ3n) is 4.41. The van der Waals surface area contributed by atoms with Gasteiger partial charge in [-0.1, -0.05) is 30.3 Å². The summed E-state index contributed by atoms with van der Waals surface area (Å²) >= 11 is 1.38. The maximum Gasteiger partial charge on any atom is 0.327 e. The van der Waals surface area contributed by atoms with Crippen molar-refractivity contribution in [2.45, 2.75) is 42.1 Å². The van der Waals surface area contributed by atoms with Gasteiger partial charge in [-0.2, -0.15) is 0 Å². The average Bonchev–Trinajstić information content (AvgIpc) is 2.80. The summed E-state index contributed by atoms with van der Waals surface area (Å²) in [5.74, 6) is -1.86. The summed E-state index contributed by atoms with van der Waals surface area (Å²) in [7, 11) is 0. The number of hydrogen-bond acceptors (Lipinski definition) is 5. The molecule has 0 aromatic heterocycles. The maximum atomic E-state index is 12.3. The molecule has 1 radical (unpaired) electrons. The van der Waals surface area contributed by atoms with Crippen molar-refractivity contribution in [2.24, 2.45) is 5.73 Å². The van der Waals surface area contributed by atoms with Crippen LogP contribution in [-0.4, -0.2) is 79.6 Å². The van der Waals surface area contributed by atoms with E-state index in [1.165, 1.54) is 16.7 Å². The van der Waals surface area contributed by atoms with Crippen molar-refractivity contribution in [1.29, 1.82) is 0 Å². The molecule has 2 saturated heterocycles. The summed E-state index contributed by atoms with van der Waals surface area (Å²) < 4.78 is -0.618. The van der Waals surface area contributed by atoms with Crippen molar-refractivity contribution in [3.8, 4) is 0 Å². The van der Waals surface area contributed by atoms with E-state index < -0.39 is 34.7 Å². The molecule has 3 rings (SSSR count). The van der Waals surface area contributed by atoms with Gasteiger partial charge in [0.15, 0.2) is 0 Å². The zero-order valence-corrected chi connectivity index (χ0v) is 17.1. The molecule has 2 aliphatic heterocycles. The van der Waals surface area contributed by atoms with Gasteiger partial charge in [0.05, 0.1) is 0 Å². The summed E-state index contributed by atoms with van der Waals surface area (Å²) in [6.45, 7) is 3.58. The van der Waals surface area contributed by atoms with Crippen LogP contribution in [0.4, 0.5) is 0 Å². The van der Waals surface area contributed by atoms with Gasteiger partial charge in [0.25, 0.3) is 0 Å². The molecule has 7 nitrogen and oxygen atoms in total. The van der Waals surface area contributed by atoms with E-state index in [0.717, 1.165) is 0 Å². The number of nitrogens with one attached hydrogen (secondary N) is 1. The fourth-order valence-corrected chi connectivity index (χ4v) is 4.83. The van der Waals surface area contributed by atoms with Crippen LogP contribution < -0.4 is 11.1 Å². The Hall–Kier alpha value is -1.06. The van der Waals surface area contributed by atoms with E-state index in [9.17, 15) is 19.5 Å². The minimum Gasteiger partial charge on any atom is -0.480 e. The topological polar surface area (TPSA) is 113 Å². The minimum absolute atomic E-state index is 0. The second kappa shape index (κ2) is 7.28. The SMILES string of the molecule is CC1(C)SC2C(NC(=O)C(N)c3ccccc3)C(=O)N2C1C(=O)O.[HH].[Na]. The number of thioether (sulfide) groups is 1. The van der Waals surface area contributed by atoms with Crippen LogP contribution in [0, 0.1) is 0 Å². The average molecular weight is 374 g/mol. The predicted molar refractivity (Wildman–Crippen MR) is 96.9 cm³/mol. The molecule has 2 amide bonds. The first-order valence-electron chi connectivity index (χ1n) is 7.58. The van der Waals surface area contributed by atoms with Gasteiger partial charge in [0.2, 0.25) is 11.8 Å². The molecule has 2 heterocycles. The number of hydrogen-bond donors (Lipinski definition) is 3. The van der Waals surface area contributed by atoms with Crippen molar-refractivity contribution in [3.63, 3.8) is 0 Å². The number of carbonyl (C=O) groups is 3. The van der Waals surface area contributed by atoms with Gasteiger partial charge < -0.3 is 21.1 Å². The zero-order chi connectivity index (χ0) is 17.6. The van der Waals surface area contributed by atoms with Crippen molar-refractivity contribution >= 4 is 59.1 Å². The monoisotopic (exact) mass is 374 g/mol. The number of carbonyl (C=O) groups excluding carboxylic acids is 2. The molecule has 0 saturated carbocycles. The molecular formula is C16H21N3NaO4S. The van der Waals surface area contributed by atoms with Crippen molar-refractivity contribution in [3.05, 3.63) is 35.9 Å². The number of nitrogens with zero attached hydrogens (tertiary/aromatic N) is 1. The van der Waals surface area contributed by atoms with Gasteiger partial charge in [-0.3, -0.25) is 9.59 Å². The summed E-state index contributed by atoms with van der Waals surface area (Å²) in [5.41, 5.74) is 6.59. The molecule has 4 atom stereocenters. The molecule has 4 N–H and O–H groups in total. The first kappa shape index (κ1) is 20.3. The molecule has 131 valence electrons. The van der Waals surface area contributed by atoms with E-state index >= 15 is 0 Å². The molecule has 4 unspecified atom stereocenters. The molecule has 0 aliphatic carbocycles. The minimum atomic E-state index is -1.03. The van der Waals surface area contributed by atoms with Crippen LogP contribution in [0.5, 0.6) is 0 Å². The molecular weight excluding hydrogens is 353 g/mol. The largest absolute Gasteiger partial charge is 0.480 e. The van der Waals surface area contributed by atoms with Crippen LogP contribution in [0.1, 0.15) is 26.9 Å². The van der Waals surface area contributed by atoms with Crippen LogP contribution >= 0.6 is 11.8 Å². The molecule has 2 aliphatic rings. The Labute approximate surface area is 173 Å². The summed E-state index contributed by atoms with van der Waals surface area (Å²) in [4.78, 5) is 37.5. The van der Waals surface area contributed by atoms with E-state index in [1.807, 2.05) is 6.07 Å². The van der Waals surface area contributed by atoms with Crippen molar-refractivity contribution in [1.82, 2.24) is 10.2 Å². The molecule has 25 heavy (non-hydrogen) atoms. The Kier molecular flexibility index (Phi) is 5.90. The normalized spacial score (nSPS) is 27.6. The summed E-state index contributed by atoms with van der Waals surface area (Å²) in [6, 6.07) is 6.38. The Morgan fingerprint density at radius 1 is 1.36 bits per heavy atom. The molecule has 2 fully saturated rings. The van der Waals surface area contributed by atoms with Gasteiger partial charge >= 0.3 is 5.97 Å². The van der Waals surface area contributed by atoms with E-state index in [0.29, 0.717) is 5.56 Å². The van der Waals surface area contributed by atoms with Crippen molar-refractivity contribution < 1.29 is 20.9 Å². The van der Waals surface area contributed by atoms with E-state index in [4.69, 9.17) is 5.73 Å². The van der Waals surface area contributed by atoms with Crippen LogP contribution in [0.3, 0.4) is 0 Å². The first-order chi connectivity index (χ1) is 11.2. The number of nitrogens with two attached hydrogens (primary N) is 1. The third kappa shape index (κ3) is 3.46. The van der Waals surface area contributed by atoms with Gasteiger partial charge in [-0.25, -0.2) is 4.79 Å². The smallest absolute Gasteiger partial charge is 0.327 e. The number of amides is 2. The number of β-lactam (4-membered cyclic amide) rings is 1. The number of rotatable bonds is 4.